The third-order valence-corrected chi connectivity index (χ3v) is 4.63. The molecule has 0 amide bonds. The lowest BCUT2D eigenvalue weighted by molar-refractivity contribution is 0.515. The predicted octanol–water partition coefficient (Wildman–Crippen LogP) is 3.81. The van der Waals surface area contributed by atoms with Crippen molar-refractivity contribution in [1.82, 2.24) is 5.32 Å². The van der Waals surface area contributed by atoms with Gasteiger partial charge in [-0.15, -0.1) is 0 Å². The Morgan fingerprint density at radius 3 is 2.94 bits per heavy atom. The highest BCUT2D eigenvalue weighted by Gasteiger charge is 2.27. The topological polar surface area (TPSA) is 12.0 Å². The molecular formula is C14H20FNS. The second-order valence-corrected chi connectivity index (χ2v) is 6.10. The largest absolute Gasteiger partial charge is 0.309 e. The smallest absolute Gasteiger partial charge is 0.123 e. The number of halogens is 1. The highest BCUT2D eigenvalue weighted by Crippen LogP contribution is 2.39. The molecule has 1 aromatic rings. The molecule has 94 valence electrons. The van der Waals surface area contributed by atoms with Crippen LogP contribution in [0.4, 0.5) is 4.39 Å². The Kier molecular flexibility index (Phi) is 4.10. The number of hydrogen-bond acceptors (Lipinski definition) is 2. The van der Waals surface area contributed by atoms with E-state index in [1.165, 1.54) is 11.1 Å². The van der Waals surface area contributed by atoms with Crippen LogP contribution in [-0.4, -0.2) is 11.8 Å². The van der Waals surface area contributed by atoms with Crippen molar-refractivity contribution >= 4 is 11.8 Å². The van der Waals surface area contributed by atoms with E-state index in [9.17, 15) is 4.39 Å². The van der Waals surface area contributed by atoms with Crippen LogP contribution in [0, 0.1) is 12.7 Å². The fourth-order valence-electron chi connectivity index (χ4n) is 2.41. The van der Waals surface area contributed by atoms with Crippen LogP contribution in [0.3, 0.4) is 0 Å². The molecular weight excluding hydrogens is 233 g/mol. The third kappa shape index (κ3) is 2.66. The summed E-state index contributed by atoms with van der Waals surface area (Å²) in [5.74, 6) is 0.899. The molecule has 1 aliphatic heterocycles. The number of nitrogens with one attached hydrogen (secondary N) is 1. The summed E-state index contributed by atoms with van der Waals surface area (Å²) < 4.78 is 13.5. The maximum absolute atomic E-state index is 13.5. The van der Waals surface area contributed by atoms with Crippen molar-refractivity contribution in [3.05, 3.63) is 34.6 Å². The highest BCUT2D eigenvalue weighted by molar-refractivity contribution is 7.99. The van der Waals surface area contributed by atoms with Crippen LogP contribution in [0.25, 0.3) is 0 Å². The minimum Gasteiger partial charge on any atom is -0.309 e. The van der Waals surface area contributed by atoms with E-state index < -0.39 is 0 Å². The summed E-state index contributed by atoms with van der Waals surface area (Å²) in [7, 11) is 0. The Bertz CT molecular complexity index is 405. The summed E-state index contributed by atoms with van der Waals surface area (Å²) >= 11 is 1.95. The number of fused-ring (bicyclic) bond motifs is 1. The Morgan fingerprint density at radius 2 is 2.24 bits per heavy atom. The molecule has 0 saturated heterocycles. The van der Waals surface area contributed by atoms with Crippen LogP contribution >= 0.6 is 11.8 Å². The molecule has 17 heavy (non-hydrogen) atoms. The number of hydrogen-bond donors (Lipinski definition) is 1. The molecule has 3 heteroatoms. The minimum absolute atomic E-state index is 0.108. The first-order chi connectivity index (χ1) is 8.13. The van der Waals surface area contributed by atoms with Gasteiger partial charge in [0.05, 0.1) is 0 Å². The number of rotatable bonds is 3. The molecule has 1 aliphatic rings. The van der Waals surface area contributed by atoms with E-state index in [-0.39, 0.29) is 11.9 Å². The van der Waals surface area contributed by atoms with E-state index >= 15 is 0 Å². The van der Waals surface area contributed by atoms with Crippen LogP contribution in [0.15, 0.2) is 12.1 Å². The molecule has 0 aromatic heterocycles. The van der Waals surface area contributed by atoms with Crippen molar-refractivity contribution in [2.75, 3.05) is 6.54 Å². The molecule has 0 fully saturated rings. The van der Waals surface area contributed by atoms with Gasteiger partial charge in [-0.25, -0.2) is 4.39 Å². The SMILES string of the molecule is CCCNC1c2cc(F)cc(C)c2CSC1C. The molecule has 0 saturated carbocycles. The monoisotopic (exact) mass is 253 g/mol. The van der Waals surface area contributed by atoms with Gasteiger partial charge in [0.15, 0.2) is 0 Å². The van der Waals surface area contributed by atoms with Crippen molar-refractivity contribution in [3.8, 4) is 0 Å². The van der Waals surface area contributed by atoms with Crippen molar-refractivity contribution in [2.45, 2.75) is 44.2 Å². The molecule has 0 bridgehead atoms. The predicted molar refractivity (Wildman–Crippen MR) is 72.9 cm³/mol. The first-order valence-corrected chi connectivity index (χ1v) is 7.32. The average molecular weight is 253 g/mol. The van der Waals surface area contributed by atoms with Gasteiger partial charge in [-0.05, 0) is 48.7 Å². The molecule has 1 N–H and O–H groups in total. The van der Waals surface area contributed by atoms with Gasteiger partial charge in [-0.1, -0.05) is 13.8 Å². The van der Waals surface area contributed by atoms with Crippen molar-refractivity contribution < 1.29 is 4.39 Å². The second kappa shape index (κ2) is 5.40. The van der Waals surface area contributed by atoms with Crippen LogP contribution in [0.1, 0.15) is 43.0 Å². The van der Waals surface area contributed by atoms with E-state index in [0.717, 1.165) is 24.3 Å². The van der Waals surface area contributed by atoms with Gasteiger partial charge in [0, 0.05) is 17.0 Å². The summed E-state index contributed by atoms with van der Waals surface area (Å²) in [4.78, 5) is 0. The Morgan fingerprint density at radius 1 is 1.47 bits per heavy atom. The lowest BCUT2D eigenvalue weighted by atomic mass is 9.94. The number of benzene rings is 1. The maximum Gasteiger partial charge on any atom is 0.123 e. The Labute approximate surface area is 107 Å². The number of aryl methyl sites for hydroxylation is 1. The van der Waals surface area contributed by atoms with Crippen molar-refractivity contribution in [3.63, 3.8) is 0 Å². The van der Waals surface area contributed by atoms with E-state index in [4.69, 9.17) is 0 Å². The van der Waals surface area contributed by atoms with E-state index in [1.807, 2.05) is 18.7 Å². The van der Waals surface area contributed by atoms with Gasteiger partial charge in [-0.3, -0.25) is 0 Å². The van der Waals surface area contributed by atoms with Crippen LogP contribution < -0.4 is 5.32 Å². The van der Waals surface area contributed by atoms with Crippen LogP contribution in [0.5, 0.6) is 0 Å². The van der Waals surface area contributed by atoms with E-state index in [2.05, 4.69) is 19.2 Å². The Balaban J connectivity index is 2.36. The second-order valence-electron chi connectivity index (χ2n) is 4.74. The van der Waals surface area contributed by atoms with E-state index in [1.54, 1.807) is 12.1 Å². The Hall–Kier alpha value is -0.540. The fraction of sp³-hybridized carbons (Fsp3) is 0.571. The molecule has 0 aliphatic carbocycles. The zero-order valence-electron chi connectivity index (χ0n) is 10.7. The summed E-state index contributed by atoms with van der Waals surface area (Å²) in [6, 6.07) is 3.65. The molecule has 1 heterocycles. The van der Waals surface area contributed by atoms with Gasteiger partial charge in [0.1, 0.15) is 5.82 Å². The first-order valence-electron chi connectivity index (χ1n) is 6.27. The minimum atomic E-state index is -0.108. The fourth-order valence-corrected chi connectivity index (χ4v) is 3.67. The zero-order chi connectivity index (χ0) is 12.4. The lowest BCUT2D eigenvalue weighted by Crippen LogP contribution is -2.32. The zero-order valence-corrected chi connectivity index (χ0v) is 11.5. The van der Waals surface area contributed by atoms with Crippen molar-refractivity contribution in [2.24, 2.45) is 0 Å². The standard InChI is InChI=1S/C14H20FNS/c1-4-5-16-14-10(3)17-8-13-9(2)6-11(15)7-12(13)14/h6-7,10,14,16H,4-5,8H2,1-3H3. The van der Waals surface area contributed by atoms with Gasteiger partial charge in [0.25, 0.3) is 0 Å². The van der Waals surface area contributed by atoms with Gasteiger partial charge in [-0.2, -0.15) is 11.8 Å². The quantitative estimate of drug-likeness (QED) is 0.879. The molecule has 1 nitrogen and oxygen atoms in total. The molecule has 2 atom stereocenters. The normalized spacial score (nSPS) is 23.5. The summed E-state index contributed by atoms with van der Waals surface area (Å²) in [5.41, 5.74) is 3.58. The van der Waals surface area contributed by atoms with Crippen molar-refractivity contribution in [1.29, 1.82) is 0 Å². The lowest BCUT2D eigenvalue weighted by Gasteiger charge is -2.32. The highest BCUT2D eigenvalue weighted by atomic mass is 32.2. The summed E-state index contributed by atoms with van der Waals surface area (Å²) in [5, 5.41) is 4.05. The number of thioether (sulfide) groups is 1. The first kappa shape index (κ1) is 12.9. The van der Waals surface area contributed by atoms with Gasteiger partial charge in [0.2, 0.25) is 0 Å². The average Bonchev–Trinajstić information content (AvgIpc) is 2.27. The van der Waals surface area contributed by atoms with E-state index in [0.29, 0.717) is 5.25 Å². The molecule has 1 aromatic carbocycles. The van der Waals surface area contributed by atoms with Gasteiger partial charge >= 0.3 is 0 Å². The summed E-state index contributed by atoms with van der Waals surface area (Å²) in [6.45, 7) is 7.38. The molecule has 2 unspecified atom stereocenters. The molecule has 0 radical (unpaired) electrons. The maximum atomic E-state index is 13.5. The third-order valence-electron chi connectivity index (χ3n) is 3.38. The molecule has 2 rings (SSSR count). The van der Waals surface area contributed by atoms with Crippen LogP contribution in [-0.2, 0) is 5.75 Å². The van der Waals surface area contributed by atoms with Crippen LogP contribution in [0.2, 0.25) is 0 Å². The summed E-state index contributed by atoms with van der Waals surface area (Å²) in [6.07, 6.45) is 1.11. The van der Waals surface area contributed by atoms with Gasteiger partial charge < -0.3 is 5.32 Å². The molecule has 0 spiro atoms.